The molecule has 1 saturated heterocycles. The van der Waals surface area contributed by atoms with Crippen LogP contribution in [-0.2, 0) is 22.2 Å². The Labute approximate surface area is 206 Å². The number of rotatable bonds is 6. The first kappa shape index (κ1) is 25.6. The summed E-state index contributed by atoms with van der Waals surface area (Å²) in [7, 11) is 3.08. The predicted molar refractivity (Wildman–Crippen MR) is 128 cm³/mol. The van der Waals surface area contributed by atoms with Gasteiger partial charge in [0.1, 0.15) is 29.2 Å². The maximum Gasteiger partial charge on any atom is 0.266 e. The number of fused-ring (bicyclic) bond motifs is 1. The van der Waals surface area contributed by atoms with Crippen molar-refractivity contribution in [2.75, 3.05) is 19.0 Å². The van der Waals surface area contributed by atoms with Gasteiger partial charge in [-0.05, 0) is 19.9 Å². The second-order valence-corrected chi connectivity index (χ2v) is 9.03. The molecule has 1 amide bonds. The van der Waals surface area contributed by atoms with Crippen LogP contribution in [0, 0.1) is 5.82 Å². The van der Waals surface area contributed by atoms with E-state index >= 15 is 0 Å². The molecule has 0 radical (unpaired) electrons. The first-order chi connectivity index (χ1) is 17.0. The smallest absolute Gasteiger partial charge is 0.266 e. The third-order valence-corrected chi connectivity index (χ3v) is 7.21. The Hall–Kier alpha value is -3.47. The summed E-state index contributed by atoms with van der Waals surface area (Å²) in [6, 6.07) is 4.37. The molecule has 4 rings (SSSR count). The molecule has 11 heteroatoms. The van der Waals surface area contributed by atoms with Crippen molar-refractivity contribution in [3.63, 3.8) is 0 Å². The minimum absolute atomic E-state index is 0.0551. The molecule has 1 fully saturated rings. The van der Waals surface area contributed by atoms with Gasteiger partial charge in [0.2, 0.25) is 5.91 Å². The Morgan fingerprint density at radius 1 is 1.28 bits per heavy atom. The molecule has 1 unspecified atom stereocenters. The van der Waals surface area contributed by atoms with Crippen LogP contribution in [0.3, 0.4) is 0 Å². The second-order valence-electron chi connectivity index (χ2n) is 9.03. The van der Waals surface area contributed by atoms with E-state index in [1.165, 1.54) is 37.1 Å². The van der Waals surface area contributed by atoms with Gasteiger partial charge in [0, 0.05) is 39.6 Å². The van der Waals surface area contributed by atoms with Crippen molar-refractivity contribution in [2.45, 2.75) is 51.3 Å². The van der Waals surface area contributed by atoms with Gasteiger partial charge in [-0.1, -0.05) is 18.2 Å². The second kappa shape index (κ2) is 9.53. The van der Waals surface area contributed by atoms with Gasteiger partial charge in [-0.25, -0.2) is 23.1 Å². The zero-order valence-electron chi connectivity index (χ0n) is 20.7. The first-order valence-corrected chi connectivity index (χ1v) is 11.5. The Kier molecular flexibility index (Phi) is 6.78. The largest absolute Gasteiger partial charge is 0.371 e. The number of amides is 1. The zero-order chi connectivity index (χ0) is 26.4. The van der Waals surface area contributed by atoms with Gasteiger partial charge in [-0.15, -0.1) is 0 Å². The number of nitrogens with zero attached hydrogens (tertiary/aromatic N) is 4. The monoisotopic (exact) mass is 503 g/mol. The Morgan fingerprint density at radius 2 is 1.97 bits per heavy atom. The summed E-state index contributed by atoms with van der Waals surface area (Å²) in [5.74, 6) is -0.806. The van der Waals surface area contributed by atoms with Crippen molar-refractivity contribution in [3.8, 4) is 0 Å². The van der Waals surface area contributed by atoms with E-state index in [0.717, 1.165) is 6.07 Å². The van der Waals surface area contributed by atoms with Crippen molar-refractivity contribution in [2.24, 2.45) is 7.05 Å². The summed E-state index contributed by atoms with van der Waals surface area (Å²) in [6.45, 7) is 5.37. The van der Waals surface area contributed by atoms with E-state index in [0.29, 0.717) is 35.4 Å². The summed E-state index contributed by atoms with van der Waals surface area (Å²) in [5.41, 5.74) is -1.33. The van der Waals surface area contributed by atoms with Gasteiger partial charge >= 0.3 is 0 Å². The lowest BCUT2D eigenvalue weighted by atomic mass is 9.87. The summed E-state index contributed by atoms with van der Waals surface area (Å²) >= 11 is 0. The number of alkyl halides is 2. The standard InChI is InChI=1S/C25H28F3N5O3/c1-13(16-7-6-8-17(20(16)26)21(27)28)31-22-18-11-19(24(35)32(4)23(18)30-12-29-22)25(36-5)9-10-33(14(25)2)15(3)34/h6-8,11-14,21H,9-10H2,1-5H3,(H,29,30,31)/t13-,14-,25?/m1/s1. The number of nitrogens with one attached hydrogen (secondary N) is 1. The Bertz CT molecular complexity index is 1380. The number of hydrogen-bond acceptors (Lipinski definition) is 6. The van der Waals surface area contributed by atoms with Crippen molar-refractivity contribution in [1.82, 2.24) is 19.4 Å². The molecule has 1 aliphatic heterocycles. The molecule has 8 nitrogen and oxygen atoms in total. The minimum Gasteiger partial charge on any atom is -0.371 e. The fourth-order valence-electron chi connectivity index (χ4n) is 5.16. The van der Waals surface area contributed by atoms with E-state index in [4.69, 9.17) is 4.74 Å². The lowest BCUT2D eigenvalue weighted by molar-refractivity contribution is -0.132. The van der Waals surface area contributed by atoms with Gasteiger partial charge in [0.15, 0.2) is 0 Å². The molecule has 3 atom stereocenters. The Balaban J connectivity index is 1.83. The van der Waals surface area contributed by atoms with Gasteiger partial charge in [-0.3, -0.25) is 14.2 Å². The lowest BCUT2D eigenvalue weighted by Crippen LogP contribution is -2.47. The fraction of sp³-hybridized carbons (Fsp3) is 0.440. The maximum atomic E-state index is 14.8. The van der Waals surface area contributed by atoms with Crippen LogP contribution in [0.4, 0.5) is 19.0 Å². The molecule has 2 aromatic heterocycles. The van der Waals surface area contributed by atoms with Crippen molar-refractivity contribution in [1.29, 1.82) is 0 Å². The van der Waals surface area contributed by atoms with Gasteiger partial charge in [0.25, 0.3) is 12.0 Å². The summed E-state index contributed by atoms with van der Waals surface area (Å²) in [6.07, 6.45) is -1.25. The first-order valence-electron chi connectivity index (χ1n) is 11.5. The number of ether oxygens (including phenoxy) is 1. The molecule has 0 saturated carbocycles. The number of aromatic nitrogens is 3. The van der Waals surface area contributed by atoms with Gasteiger partial charge in [0.05, 0.1) is 28.6 Å². The van der Waals surface area contributed by atoms with Crippen LogP contribution in [0.2, 0.25) is 0 Å². The SMILES string of the molecule is COC1(c2cc3c(N[C@H](C)c4cccc(C(F)F)c4F)ncnc3n(C)c2=O)CCN(C(C)=O)[C@@H]1C. The van der Waals surface area contributed by atoms with E-state index in [9.17, 15) is 22.8 Å². The van der Waals surface area contributed by atoms with Gasteiger partial charge < -0.3 is 15.0 Å². The normalized spacial score (nSPS) is 20.8. The average Bonchev–Trinajstić information content (AvgIpc) is 3.18. The van der Waals surface area contributed by atoms with E-state index in [1.807, 2.05) is 6.92 Å². The lowest BCUT2D eigenvalue weighted by Gasteiger charge is -2.34. The molecular weight excluding hydrogens is 475 g/mol. The highest BCUT2D eigenvalue weighted by molar-refractivity contribution is 5.87. The molecule has 36 heavy (non-hydrogen) atoms. The molecular formula is C25H28F3N5O3. The molecule has 0 spiro atoms. The van der Waals surface area contributed by atoms with Crippen LogP contribution in [0.15, 0.2) is 35.4 Å². The number of pyridine rings is 1. The molecule has 1 aliphatic rings. The number of aryl methyl sites for hydroxylation is 1. The summed E-state index contributed by atoms with van der Waals surface area (Å²) < 4.78 is 48.5. The highest BCUT2D eigenvalue weighted by Crippen LogP contribution is 2.40. The van der Waals surface area contributed by atoms with Crippen LogP contribution in [0.5, 0.6) is 0 Å². The number of likely N-dealkylation sites (tertiary alicyclic amines) is 1. The highest BCUT2D eigenvalue weighted by atomic mass is 19.3. The molecule has 1 N–H and O–H groups in total. The summed E-state index contributed by atoms with van der Waals surface area (Å²) in [5, 5.41) is 3.55. The number of anilines is 1. The number of benzene rings is 1. The molecule has 3 heterocycles. The van der Waals surface area contributed by atoms with Crippen molar-refractivity contribution < 1.29 is 22.7 Å². The fourth-order valence-corrected chi connectivity index (χ4v) is 5.16. The topological polar surface area (TPSA) is 89.3 Å². The third kappa shape index (κ3) is 4.01. The van der Waals surface area contributed by atoms with Gasteiger partial charge in [-0.2, -0.15) is 0 Å². The maximum absolute atomic E-state index is 14.8. The van der Waals surface area contributed by atoms with E-state index in [-0.39, 0.29) is 17.0 Å². The number of halogens is 3. The average molecular weight is 504 g/mol. The van der Waals surface area contributed by atoms with Crippen LogP contribution in [0.1, 0.15) is 56.3 Å². The number of methoxy groups -OCH3 is 1. The quantitative estimate of drug-likeness (QED) is 0.546. The van der Waals surface area contributed by atoms with Crippen molar-refractivity contribution >= 4 is 22.8 Å². The number of carbonyl (C=O) groups is 1. The third-order valence-electron chi connectivity index (χ3n) is 7.21. The highest BCUT2D eigenvalue weighted by Gasteiger charge is 2.49. The van der Waals surface area contributed by atoms with Crippen LogP contribution < -0.4 is 10.9 Å². The summed E-state index contributed by atoms with van der Waals surface area (Å²) in [4.78, 5) is 35.8. The van der Waals surface area contributed by atoms with E-state index < -0.39 is 35.5 Å². The number of carbonyl (C=O) groups excluding carboxylic acids is 1. The van der Waals surface area contributed by atoms with Crippen LogP contribution in [-0.4, -0.2) is 45.0 Å². The molecule has 1 aromatic carbocycles. The number of hydrogen-bond donors (Lipinski definition) is 1. The minimum atomic E-state index is -2.94. The van der Waals surface area contributed by atoms with Crippen LogP contribution in [0.25, 0.3) is 11.0 Å². The zero-order valence-corrected chi connectivity index (χ0v) is 20.7. The van der Waals surface area contributed by atoms with Crippen molar-refractivity contribution in [3.05, 3.63) is 63.5 Å². The molecule has 0 aliphatic carbocycles. The molecule has 0 bridgehead atoms. The van der Waals surface area contributed by atoms with E-state index in [1.54, 1.807) is 24.9 Å². The molecule has 3 aromatic rings. The Morgan fingerprint density at radius 3 is 2.58 bits per heavy atom. The van der Waals surface area contributed by atoms with E-state index in [2.05, 4.69) is 15.3 Å². The van der Waals surface area contributed by atoms with Crippen LogP contribution >= 0.6 is 0 Å². The molecule has 192 valence electrons. The predicted octanol–water partition coefficient (Wildman–Crippen LogP) is 4.06.